The Kier molecular flexibility index (Phi) is 3.46. The number of anilines is 1. The molecule has 0 spiro atoms. The second kappa shape index (κ2) is 4.62. The Morgan fingerprint density at radius 3 is 3.15 bits per heavy atom. The third-order valence-corrected chi connectivity index (χ3v) is 1.55. The van der Waals surface area contributed by atoms with Gasteiger partial charge in [-0.15, -0.1) is 6.58 Å². The molecular weight excluding hydrogens is 188 g/mol. The van der Waals surface area contributed by atoms with Crippen molar-refractivity contribution in [1.82, 2.24) is 4.98 Å². The number of amides is 1. The number of aromatic nitrogens is 1. The van der Waals surface area contributed by atoms with Gasteiger partial charge in [0.05, 0.1) is 0 Å². The standard InChI is InChI=1S/C9H9ClN2O/c1-2-3-9(13)12-8-6-7(10)4-5-11-8/h2,4-6H,1,3H2,(H,11,12,13). The van der Waals surface area contributed by atoms with Crippen LogP contribution in [0.1, 0.15) is 6.42 Å². The number of halogens is 1. The van der Waals surface area contributed by atoms with Gasteiger partial charge >= 0.3 is 0 Å². The van der Waals surface area contributed by atoms with Crippen molar-refractivity contribution in [3.8, 4) is 0 Å². The highest BCUT2D eigenvalue weighted by molar-refractivity contribution is 6.30. The summed E-state index contributed by atoms with van der Waals surface area (Å²) < 4.78 is 0. The van der Waals surface area contributed by atoms with Crippen LogP contribution >= 0.6 is 11.6 Å². The molecule has 0 saturated heterocycles. The smallest absolute Gasteiger partial charge is 0.229 e. The predicted octanol–water partition coefficient (Wildman–Crippen LogP) is 2.25. The molecule has 0 fully saturated rings. The predicted molar refractivity (Wildman–Crippen MR) is 52.7 cm³/mol. The lowest BCUT2D eigenvalue weighted by atomic mass is 10.4. The molecule has 68 valence electrons. The monoisotopic (exact) mass is 196 g/mol. The Morgan fingerprint density at radius 1 is 1.77 bits per heavy atom. The van der Waals surface area contributed by atoms with Gasteiger partial charge in [-0.1, -0.05) is 17.7 Å². The topological polar surface area (TPSA) is 42.0 Å². The molecule has 0 aliphatic rings. The van der Waals surface area contributed by atoms with Crippen molar-refractivity contribution >= 4 is 23.3 Å². The molecule has 13 heavy (non-hydrogen) atoms. The van der Waals surface area contributed by atoms with E-state index in [1.807, 2.05) is 0 Å². The molecule has 1 amide bonds. The Labute approximate surface area is 81.4 Å². The van der Waals surface area contributed by atoms with Gasteiger partial charge in [0.25, 0.3) is 0 Å². The van der Waals surface area contributed by atoms with E-state index in [0.29, 0.717) is 10.8 Å². The zero-order valence-corrected chi connectivity index (χ0v) is 7.71. The van der Waals surface area contributed by atoms with Gasteiger partial charge in [-0.25, -0.2) is 4.98 Å². The molecule has 4 heteroatoms. The Balaban J connectivity index is 2.63. The molecule has 1 rings (SSSR count). The number of hydrogen-bond donors (Lipinski definition) is 1. The highest BCUT2D eigenvalue weighted by Crippen LogP contribution is 2.11. The maximum Gasteiger partial charge on any atom is 0.229 e. The van der Waals surface area contributed by atoms with Crippen molar-refractivity contribution in [2.24, 2.45) is 0 Å². The first-order valence-electron chi connectivity index (χ1n) is 3.74. The van der Waals surface area contributed by atoms with Gasteiger partial charge in [0.2, 0.25) is 5.91 Å². The van der Waals surface area contributed by atoms with E-state index in [1.165, 1.54) is 12.3 Å². The lowest BCUT2D eigenvalue weighted by Gasteiger charge is -2.01. The second-order valence-electron chi connectivity index (χ2n) is 2.40. The minimum absolute atomic E-state index is 0.148. The number of hydrogen-bond acceptors (Lipinski definition) is 2. The largest absolute Gasteiger partial charge is 0.310 e. The van der Waals surface area contributed by atoms with E-state index in [-0.39, 0.29) is 12.3 Å². The normalized spacial score (nSPS) is 9.31. The van der Waals surface area contributed by atoms with Crippen LogP contribution in [0.4, 0.5) is 5.82 Å². The van der Waals surface area contributed by atoms with Gasteiger partial charge in [0.1, 0.15) is 5.82 Å². The molecule has 1 aromatic rings. The van der Waals surface area contributed by atoms with Gasteiger partial charge in [0.15, 0.2) is 0 Å². The number of nitrogens with one attached hydrogen (secondary N) is 1. The van der Waals surface area contributed by atoms with E-state index in [9.17, 15) is 4.79 Å². The van der Waals surface area contributed by atoms with Crippen LogP contribution in [0.15, 0.2) is 31.0 Å². The lowest BCUT2D eigenvalue weighted by Crippen LogP contribution is -2.10. The number of nitrogens with zero attached hydrogens (tertiary/aromatic N) is 1. The number of carbonyl (C=O) groups excluding carboxylic acids is 1. The Morgan fingerprint density at radius 2 is 2.54 bits per heavy atom. The van der Waals surface area contributed by atoms with E-state index >= 15 is 0 Å². The van der Waals surface area contributed by atoms with Gasteiger partial charge in [-0.3, -0.25) is 4.79 Å². The van der Waals surface area contributed by atoms with Crippen molar-refractivity contribution in [3.05, 3.63) is 36.0 Å². The van der Waals surface area contributed by atoms with E-state index in [4.69, 9.17) is 11.6 Å². The molecule has 0 radical (unpaired) electrons. The summed E-state index contributed by atoms with van der Waals surface area (Å²) in [5, 5.41) is 3.12. The second-order valence-corrected chi connectivity index (χ2v) is 2.84. The summed E-state index contributed by atoms with van der Waals surface area (Å²) in [6.07, 6.45) is 3.33. The van der Waals surface area contributed by atoms with Crippen LogP contribution in [0.25, 0.3) is 0 Å². The third-order valence-electron chi connectivity index (χ3n) is 1.32. The van der Waals surface area contributed by atoms with Gasteiger partial charge in [0, 0.05) is 17.6 Å². The summed E-state index contributed by atoms with van der Waals surface area (Å²) in [5.74, 6) is 0.309. The first-order chi connectivity index (χ1) is 6.22. The van der Waals surface area contributed by atoms with Gasteiger partial charge in [-0.05, 0) is 12.1 Å². The third kappa shape index (κ3) is 3.25. The van der Waals surface area contributed by atoms with Crippen molar-refractivity contribution < 1.29 is 4.79 Å². The van der Waals surface area contributed by atoms with Gasteiger partial charge < -0.3 is 5.32 Å². The fourth-order valence-electron chi connectivity index (χ4n) is 0.798. The van der Waals surface area contributed by atoms with Crippen LogP contribution in [0.3, 0.4) is 0 Å². The van der Waals surface area contributed by atoms with Crippen molar-refractivity contribution in [3.63, 3.8) is 0 Å². The van der Waals surface area contributed by atoms with Gasteiger partial charge in [-0.2, -0.15) is 0 Å². The summed E-state index contributed by atoms with van der Waals surface area (Å²) in [7, 11) is 0. The number of rotatable bonds is 3. The van der Waals surface area contributed by atoms with Crippen LogP contribution in [-0.2, 0) is 4.79 Å². The molecule has 1 aromatic heterocycles. The molecule has 0 unspecified atom stereocenters. The average Bonchev–Trinajstić information content (AvgIpc) is 2.04. The minimum Gasteiger partial charge on any atom is -0.310 e. The minimum atomic E-state index is -0.148. The first kappa shape index (κ1) is 9.74. The fraction of sp³-hybridized carbons (Fsp3) is 0.111. The zero-order valence-electron chi connectivity index (χ0n) is 6.96. The van der Waals surface area contributed by atoms with Crippen LogP contribution in [0, 0.1) is 0 Å². The molecule has 0 atom stereocenters. The lowest BCUT2D eigenvalue weighted by molar-refractivity contribution is -0.115. The molecule has 3 nitrogen and oxygen atoms in total. The average molecular weight is 197 g/mol. The summed E-state index contributed by atoms with van der Waals surface area (Å²) in [6, 6.07) is 3.23. The summed E-state index contributed by atoms with van der Waals surface area (Å²) >= 11 is 5.69. The maximum atomic E-state index is 11.1. The summed E-state index contributed by atoms with van der Waals surface area (Å²) in [5.41, 5.74) is 0. The van der Waals surface area contributed by atoms with Crippen molar-refractivity contribution in [1.29, 1.82) is 0 Å². The van der Waals surface area contributed by atoms with E-state index in [1.54, 1.807) is 12.1 Å². The zero-order chi connectivity index (χ0) is 9.68. The van der Waals surface area contributed by atoms with Crippen LogP contribution < -0.4 is 5.32 Å². The Bertz CT molecular complexity index is 325. The van der Waals surface area contributed by atoms with E-state index in [0.717, 1.165) is 0 Å². The first-order valence-corrected chi connectivity index (χ1v) is 4.12. The van der Waals surface area contributed by atoms with E-state index in [2.05, 4.69) is 16.9 Å². The van der Waals surface area contributed by atoms with E-state index < -0.39 is 0 Å². The van der Waals surface area contributed by atoms with Crippen LogP contribution in [0.5, 0.6) is 0 Å². The number of pyridine rings is 1. The molecule has 0 aliphatic carbocycles. The Hall–Kier alpha value is -1.35. The summed E-state index contributed by atoms with van der Waals surface area (Å²) in [4.78, 5) is 15.0. The van der Waals surface area contributed by atoms with Crippen LogP contribution in [-0.4, -0.2) is 10.9 Å². The molecule has 0 aliphatic heterocycles. The fourth-order valence-corrected chi connectivity index (χ4v) is 0.958. The molecular formula is C9H9ClN2O. The molecule has 0 saturated carbocycles. The van der Waals surface area contributed by atoms with Crippen molar-refractivity contribution in [2.75, 3.05) is 5.32 Å². The highest BCUT2D eigenvalue weighted by Gasteiger charge is 2.00. The molecule has 1 N–H and O–H groups in total. The highest BCUT2D eigenvalue weighted by atomic mass is 35.5. The number of carbonyl (C=O) groups is 1. The molecule has 0 bridgehead atoms. The summed E-state index contributed by atoms with van der Waals surface area (Å²) in [6.45, 7) is 3.45. The van der Waals surface area contributed by atoms with Crippen LogP contribution in [0.2, 0.25) is 5.02 Å². The quantitative estimate of drug-likeness (QED) is 0.754. The molecule has 0 aromatic carbocycles. The maximum absolute atomic E-state index is 11.1. The molecule has 1 heterocycles. The SMILES string of the molecule is C=CCC(=O)Nc1cc(Cl)ccn1. The van der Waals surface area contributed by atoms with Crippen molar-refractivity contribution in [2.45, 2.75) is 6.42 Å².